The number of hydrogen-bond donors (Lipinski definition) is 0. The third-order valence-corrected chi connectivity index (χ3v) is 11.6. The smallest absolute Gasteiger partial charge is 0.334 e. The first-order chi connectivity index (χ1) is 14.5. The van der Waals surface area contributed by atoms with Crippen LogP contribution in [0, 0.1) is 0 Å². The van der Waals surface area contributed by atoms with Gasteiger partial charge in [-0.1, -0.05) is 52.9 Å². The molecule has 0 bridgehead atoms. The summed E-state index contributed by atoms with van der Waals surface area (Å²) in [5, 5.41) is 0.147. The summed E-state index contributed by atoms with van der Waals surface area (Å²) in [6.07, 6.45) is 13.4. The first kappa shape index (κ1) is 26.3. The molecule has 2 rings (SSSR count). The molecule has 1 saturated heterocycles. The molecule has 0 aliphatic carbocycles. The molecule has 0 aromatic heterocycles. The zero-order valence-corrected chi connectivity index (χ0v) is 21.6. The number of rotatable bonds is 13. The normalized spacial score (nSPS) is 25.4. The number of unbranched alkanes of at least 4 members (excludes halogenated alkanes) is 4. The lowest BCUT2D eigenvalue weighted by molar-refractivity contribution is -0.139. The number of aldehydes is 1. The van der Waals surface area contributed by atoms with Gasteiger partial charge in [0, 0.05) is 18.1 Å². The maximum atomic E-state index is 12.1. The monoisotopic (exact) mass is 452 g/mol. The average Bonchev–Trinajstić information content (AvgIpc) is 3.25. The van der Waals surface area contributed by atoms with Crippen molar-refractivity contribution in [1.82, 2.24) is 0 Å². The fourth-order valence-electron chi connectivity index (χ4n) is 4.14. The van der Waals surface area contributed by atoms with Gasteiger partial charge in [-0.15, -0.1) is 0 Å². The van der Waals surface area contributed by atoms with Gasteiger partial charge in [0.05, 0.1) is 6.10 Å². The molecule has 0 N–H and O–H groups in total. The van der Waals surface area contributed by atoms with Crippen LogP contribution in [0.2, 0.25) is 18.1 Å². The first-order valence-electron chi connectivity index (χ1n) is 12.2. The van der Waals surface area contributed by atoms with E-state index >= 15 is 0 Å². The van der Waals surface area contributed by atoms with Crippen molar-refractivity contribution >= 4 is 20.6 Å². The summed E-state index contributed by atoms with van der Waals surface area (Å²) in [6, 6.07) is 0. The van der Waals surface area contributed by atoms with Gasteiger partial charge < -0.3 is 18.7 Å². The molecule has 178 valence electrons. The number of esters is 1. The molecule has 4 atom stereocenters. The summed E-state index contributed by atoms with van der Waals surface area (Å²) in [5.41, 5.74) is 0.779. The Balaban J connectivity index is 1.74. The van der Waals surface area contributed by atoms with Crippen molar-refractivity contribution in [3.8, 4) is 0 Å². The highest BCUT2D eigenvalue weighted by molar-refractivity contribution is 6.74. The van der Waals surface area contributed by atoms with Crippen molar-refractivity contribution in [2.45, 2.75) is 134 Å². The maximum Gasteiger partial charge on any atom is 0.334 e. The van der Waals surface area contributed by atoms with Crippen LogP contribution in [0.15, 0.2) is 11.6 Å². The Morgan fingerprint density at radius 2 is 1.84 bits per heavy atom. The maximum absolute atomic E-state index is 12.1. The molecule has 0 aromatic carbocycles. The van der Waals surface area contributed by atoms with Crippen LogP contribution in [0.4, 0.5) is 0 Å². The summed E-state index contributed by atoms with van der Waals surface area (Å²) in [4.78, 5) is 22.9. The Labute approximate surface area is 190 Å². The quantitative estimate of drug-likeness (QED) is 0.146. The number of hydrogen-bond acceptors (Lipinski definition) is 5. The fourth-order valence-corrected chi connectivity index (χ4v) is 5.53. The largest absolute Gasteiger partial charge is 0.455 e. The van der Waals surface area contributed by atoms with E-state index in [1.54, 1.807) is 0 Å². The van der Waals surface area contributed by atoms with Crippen LogP contribution in [0.5, 0.6) is 0 Å². The van der Waals surface area contributed by atoms with Crippen molar-refractivity contribution in [3.63, 3.8) is 0 Å². The van der Waals surface area contributed by atoms with Gasteiger partial charge in [-0.25, -0.2) is 4.79 Å². The summed E-state index contributed by atoms with van der Waals surface area (Å²) < 4.78 is 17.7. The molecule has 2 heterocycles. The van der Waals surface area contributed by atoms with Crippen molar-refractivity contribution < 1.29 is 23.5 Å². The Kier molecular flexibility index (Phi) is 9.96. The molecule has 31 heavy (non-hydrogen) atoms. The zero-order valence-electron chi connectivity index (χ0n) is 20.6. The van der Waals surface area contributed by atoms with Gasteiger partial charge in [0.2, 0.25) is 0 Å². The standard InChI is InChI=1S/C25H44O5Si/c1-19-16-20(24(27)28-19)17-22(30-31(5,6)25(2,3)4)13-11-9-7-8-10-12-21-14-15-23(18-26)29-21/h16,18-19,21-23H,7-15,17H2,1-6H3/t19-,21-,22+,23-/m0/s1. The van der Waals surface area contributed by atoms with Gasteiger partial charge in [-0.05, 0) is 56.8 Å². The van der Waals surface area contributed by atoms with Crippen molar-refractivity contribution in [2.24, 2.45) is 0 Å². The van der Waals surface area contributed by atoms with E-state index < -0.39 is 8.32 Å². The van der Waals surface area contributed by atoms with Crippen LogP contribution in [0.25, 0.3) is 0 Å². The van der Waals surface area contributed by atoms with Gasteiger partial charge in [-0.2, -0.15) is 0 Å². The minimum absolute atomic E-state index is 0.0807. The van der Waals surface area contributed by atoms with E-state index in [4.69, 9.17) is 13.9 Å². The molecule has 1 fully saturated rings. The second kappa shape index (κ2) is 11.8. The Bertz CT molecular complexity index is 622. The third kappa shape index (κ3) is 8.47. The van der Waals surface area contributed by atoms with Crippen molar-refractivity contribution in [3.05, 3.63) is 11.6 Å². The van der Waals surface area contributed by atoms with E-state index in [0.717, 1.165) is 50.4 Å². The molecule has 0 saturated carbocycles. The fraction of sp³-hybridized carbons (Fsp3) is 0.840. The zero-order chi connectivity index (χ0) is 23.1. The highest BCUT2D eigenvalue weighted by Gasteiger charge is 2.39. The highest BCUT2D eigenvalue weighted by atomic mass is 28.4. The van der Waals surface area contributed by atoms with Crippen molar-refractivity contribution in [2.75, 3.05) is 0 Å². The minimum Gasteiger partial charge on any atom is -0.455 e. The van der Waals surface area contributed by atoms with Gasteiger partial charge in [0.25, 0.3) is 0 Å². The molecule has 0 unspecified atom stereocenters. The van der Waals surface area contributed by atoms with Crippen LogP contribution in [0.1, 0.15) is 91.9 Å². The lowest BCUT2D eigenvalue weighted by atomic mass is 10.0. The van der Waals surface area contributed by atoms with Crippen LogP contribution in [0.3, 0.4) is 0 Å². The molecule has 6 heteroatoms. The second-order valence-corrected chi connectivity index (χ2v) is 15.6. The van der Waals surface area contributed by atoms with E-state index in [9.17, 15) is 9.59 Å². The Morgan fingerprint density at radius 1 is 1.16 bits per heavy atom. The number of cyclic esters (lactones) is 1. The minimum atomic E-state index is -1.90. The predicted molar refractivity (Wildman–Crippen MR) is 127 cm³/mol. The Hall–Kier alpha value is -0.983. The molecular formula is C25H44O5Si. The highest BCUT2D eigenvalue weighted by Crippen LogP contribution is 2.39. The lowest BCUT2D eigenvalue weighted by Crippen LogP contribution is -2.44. The molecule has 2 aliphatic heterocycles. The van der Waals surface area contributed by atoms with Gasteiger partial charge in [-0.3, -0.25) is 0 Å². The lowest BCUT2D eigenvalue weighted by Gasteiger charge is -2.39. The Morgan fingerprint density at radius 3 is 2.42 bits per heavy atom. The predicted octanol–water partition coefficient (Wildman–Crippen LogP) is 6.12. The van der Waals surface area contributed by atoms with E-state index in [1.807, 2.05) is 13.0 Å². The van der Waals surface area contributed by atoms with Crippen LogP contribution >= 0.6 is 0 Å². The summed E-state index contributed by atoms with van der Waals surface area (Å²) >= 11 is 0. The average molecular weight is 453 g/mol. The van der Waals surface area contributed by atoms with Gasteiger partial charge in [0.1, 0.15) is 18.5 Å². The van der Waals surface area contributed by atoms with E-state index in [0.29, 0.717) is 6.42 Å². The topological polar surface area (TPSA) is 61.8 Å². The molecule has 0 amide bonds. The van der Waals surface area contributed by atoms with Crippen molar-refractivity contribution in [1.29, 1.82) is 0 Å². The van der Waals surface area contributed by atoms with Gasteiger partial charge in [0.15, 0.2) is 8.32 Å². The molecule has 2 aliphatic rings. The summed E-state index contributed by atoms with van der Waals surface area (Å²) in [5.74, 6) is -0.178. The SMILES string of the molecule is C[C@H]1C=C(C[C@@H](CCCCCCC[C@H]2CC[C@@H](C=O)O2)O[Si](C)(C)C(C)(C)C)C(=O)O1. The molecular weight excluding hydrogens is 408 g/mol. The number of ether oxygens (including phenoxy) is 2. The second-order valence-electron chi connectivity index (χ2n) is 10.9. The molecule has 5 nitrogen and oxygen atoms in total. The molecule has 0 radical (unpaired) electrons. The molecule has 0 aromatic rings. The van der Waals surface area contributed by atoms with E-state index in [1.165, 1.54) is 19.3 Å². The van der Waals surface area contributed by atoms with Crippen LogP contribution in [-0.4, -0.2) is 45.0 Å². The first-order valence-corrected chi connectivity index (χ1v) is 15.1. The molecule has 0 spiro atoms. The van der Waals surface area contributed by atoms with E-state index in [-0.39, 0.29) is 35.4 Å². The third-order valence-electron chi connectivity index (χ3n) is 7.05. The van der Waals surface area contributed by atoms with Crippen LogP contribution < -0.4 is 0 Å². The van der Waals surface area contributed by atoms with Gasteiger partial charge >= 0.3 is 5.97 Å². The van der Waals surface area contributed by atoms with Crippen LogP contribution in [-0.2, 0) is 23.5 Å². The van der Waals surface area contributed by atoms with E-state index in [2.05, 4.69) is 33.9 Å². The number of carbonyl (C=O) groups excluding carboxylic acids is 2. The summed E-state index contributed by atoms with van der Waals surface area (Å²) in [7, 11) is -1.90. The summed E-state index contributed by atoms with van der Waals surface area (Å²) in [6.45, 7) is 13.2. The number of carbonyl (C=O) groups is 2.